The normalized spacial score (nSPS) is 10.4. The highest BCUT2D eigenvalue weighted by Gasteiger charge is 2.04. The summed E-state index contributed by atoms with van der Waals surface area (Å²) in [7, 11) is 3.36. The molecule has 3 N–H and O–H groups in total. The summed E-state index contributed by atoms with van der Waals surface area (Å²) in [4.78, 5) is 0. The molecule has 0 aliphatic heterocycles. The summed E-state index contributed by atoms with van der Waals surface area (Å²) in [6.07, 6.45) is 4.15. The first kappa shape index (κ1) is 17.9. The van der Waals surface area contributed by atoms with Gasteiger partial charge in [-0.2, -0.15) is 0 Å². The molecule has 0 bridgehead atoms. The molecule has 0 aliphatic rings. The van der Waals surface area contributed by atoms with E-state index in [4.69, 9.17) is 9.47 Å². The van der Waals surface area contributed by atoms with E-state index in [9.17, 15) is 0 Å². The molecule has 2 rings (SSSR count). The average molecular weight is 299 g/mol. The van der Waals surface area contributed by atoms with Gasteiger partial charge in [0.25, 0.3) is 0 Å². The minimum absolute atomic E-state index is 0. The van der Waals surface area contributed by atoms with Crippen LogP contribution >= 0.6 is 0 Å². The Morgan fingerprint density at radius 3 is 2.09 bits per heavy atom. The predicted octanol–water partition coefficient (Wildman–Crippen LogP) is 1.91. The van der Waals surface area contributed by atoms with E-state index >= 15 is 0 Å². The summed E-state index contributed by atoms with van der Waals surface area (Å²) in [5.74, 6) is 1.72. The van der Waals surface area contributed by atoms with Crippen LogP contribution in [0.25, 0.3) is 12.2 Å². The van der Waals surface area contributed by atoms with Crippen molar-refractivity contribution >= 4 is 26.3 Å². The molecule has 0 spiro atoms. The van der Waals surface area contributed by atoms with E-state index in [2.05, 4.69) is 37.8 Å². The number of hydrogen-bond acceptors (Lipinski definition) is 2. The van der Waals surface area contributed by atoms with Crippen molar-refractivity contribution in [2.24, 2.45) is 0 Å². The molecule has 2 aromatic rings. The molecule has 0 radical (unpaired) electrons. The van der Waals surface area contributed by atoms with Gasteiger partial charge in [0.15, 0.2) is 11.4 Å². The van der Waals surface area contributed by atoms with Crippen LogP contribution in [-0.2, 0) is 0 Å². The van der Waals surface area contributed by atoms with Crippen LogP contribution in [0.15, 0.2) is 30.3 Å². The van der Waals surface area contributed by atoms with E-state index in [1.807, 2.05) is 24.3 Å². The molecular formula is C18H26BNO2. The molecule has 0 fully saturated rings. The number of hydrogen-bond donors (Lipinski definition) is 1. The molecule has 0 aromatic heterocycles. The summed E-state index contributed by atoms with van der Waals surface area (Å²) in [5, 5.41) is 0. The second kappa shape index (κ2) is 7.71. The zero-order valence-electron chi connectivity index (χ0n) is 13.1. The molecule has 0 atom stereocenters. The van der Waals surface area contributed by atoms with Gasteiger partial charge < -0.3 is 15.2 Å². The molecule has 118 valence electrons. The molecule has 0 heterocycles. The lowest BCUT2D eigenvalue weighted by atomic mass is 10.0. The molecule has 3 nitrogen and oxygen atoms in total. The number of aryl methyl sites for hydroxylation is 1. The summed E-state index contributed by atoms with van der Waals surface area (Å²) in [6.45, 7) is 4.16. The van der Waals surface area contributed by atoms with Crippen molar-refractivity contribution in [1.29, 1.82) is 0 Å². The number of methoxy groups -OCH3 is 2. The molecule has 2 aromatic carbocycles. The van der Waals surface area contributed by atoms with Crippen molar-refractivity contribution in [3.63, 3.8) is 0 Å². The fraction of sp³-hybridized carbons (Fsp3) is 0.222. The van der Waals surface area contributed by atoms with E-state index in [1.165, 1.54) is 11.1 Å². The Hall–Kier alpha value is -2.20. The molecule has 0 saturated carbocycles. The minimum Gasteiger partial charge on any atom is -0.496 e. The second-order valence-electron chi connectivity index (χ2n) is 5.07. The molecule has 0 amide bonds. The fourth-order valence-electron chi connectivity index (χ4n) is 2.26. The first-order chi connectivity index (χ1) is 10.0. The fourth-order valence-corrected chi connectivity index (χ4v) is 2.26. The van der Waals surface area contributed by atoms with Gasteiger partial charge in [-0.1, -0.05) is 32.7 Å². The van der Waals surface area contributed by atoms with Gasteiger partial charge in [0.05, 0.1) is 14.2 Å². The smallest absolute Gasteiger partial charge is 0.179 e. The van der Waals surface area contributed by atoms with Crippen LogP contribution in [0, 0.1) is 13.8 Å². The van der Waals surface area contributed by atoms with Crippen LogP contribution in [-0.4, -0.2) is 22.6 Å². The maximum Gasteiger partial charge on any atom is 0.179 e. The maximum atomic E-state index is 5.41. The molecule has 0 unspecified atom stereocenters. The van der Waals surface area contributed by atoms with Gasteiger partial charge in [-0.05, 0) is 48.2 Å². The van der Waals surface area contributed by atoms with Crippen LogP contribution in [0.5, 0.6) is 11.5 Å². The van der Waals surface area contributed by atoms with Gasteiger partial charge in [-0.25, -0.2) is 0 Å². The van der Waals surface area contributed by atoms with Crippen molar-refractivity contribution < 1.29 is 15.2 Å². The maximum absolute atomic E-state index is 5.41. The van der Waals surface area contributed by atoms with Crippen LogP contribution < -0.4 is 15.2 Å². The van der Waals surface area contributed by atoms with Crippen molar-refractivity contribution in [3.8, 4) is 11.5 Å². The first-order valence-electron chi connectivity index (χ1n) is 6.88. The van der Waals surface area contributed by atoms with E-state index < -0.39 is 0 Å². The third-order valence-electron chi connectivity index (χ3n) is 3.63. The molecule has 0 aliphatic carbocycles. The third kappa shape index (κ3) is 3.92. The van der Waals surface area contributed by atoms with Crippen LogP contribution in [0.3, 0.4) is 0 Å². The Morgan fingerprint density at radius 1 is 0.864 bits per heavy atom. The van der Waals surface area contributed by atoms with Gasteiger partial charge in [0.2, 0.25) is 0 Å². The largest absolute Gasteiger partial charge is 0.496 e. The minimum atomic E-state index is 0. The summed E-state index contributed by atoms with van der Waals surface area (Å²) in [6, 6.07) is 10.2. The first-order valence-corrected chi connectivity index (χ1v) is 6.88. The number of rotatable bonds is 4. The van der Waals surface area contributed by atoms with Gasteiger partial charge in [0.1, 0.15) is 5.75 Å². The van der Waals surface area contributed by atoms with Gasteiger partial charge in [-0.3, -0.25) is 0 Å². The number of quaternary nitrogens is 1. The van der Waals surface area contributed by atoms with E-state index in [0.29, 0.717) is 0 Å². The Labute approximate surface area is 134 Å². The number of ether oxygens (including phenoxy) is 2. The third-order valence-corrected chi connectivity index (χ3v) is 3.63. The zero-order valence-corrected chi connectivity index (χ0v) is 13.1. The highest BCUT2D eigenvalue weighted by atomic mass is 16.5. The average Bonchev–Trinajstić information content (AvgIpc) is 2.48. The Bertz CT molecular complexity index is 681. The SMILES string of the molecule is COc1ccc(C=Cc2cc(C)c(C)c(OC)c2)cc1[NH3+].[BH4-]. The Kier molecular flexibility index (Phi) is 6.26. The van der Waals surface area contributed by atoms with E-state index in [0.717, 1.165) is 28.3 Å². The highest BCUT2D eigenvalue weighted by molar-refractivity contribution is 5.75. The monoisotopic (exact) mass is 299 g/mol. The molecule has 0 saturated heterocycles. The van der Waals surface area contributed by atoms with Crippen molar-refractivity contribution in [2.45, 2.75) is 13.8 Å². The van der Waals surface area contributed by atoms with Crippen LogP contribution in [0.1, 0.15) is 22.3 Å². The highest BCUT2D eigenvalue weighted by Crippen LogP contribution is 2.25. The molecule has 4 heteroatoms. The summed E-state index contributed by atoms with van der Waals surface area (Å²) in [5.41, 5.74) is 9.49. The molecular weight excluding hydrogens is 273 g/mol. The van der Waals surface area contributed by atoms with Crippen LogP contribution in [0.2, 0.25) is 0 Å². The number of benzene rings is 2. The van der Waals surface area contributed by atoms with E-state index in [1.54, 1.807) is 14.2 Å². The lowest BCUT2D eigenvalue weighted by molar-refractivity contribution is -0.256. The van der Waals surface area contributed by atoms with Crippen molar-refractivity contribution in [2.75, 3.05) is 14.2 Å². The van der Waals surface area contributed by atoms with E-state index in [-0.39, 0.29) is 8.41 Å². The second-order valence-corrected chi connectivity index (χ2v) is 5.07. The predicted molar refractivity (Wildman–Crippen MR) is 98.3 cm³/mol. The summed E-state index contributed by atoms with van der Waals surface area (Å²) >= 11 is 0. The van der Waals surface area contributed by atoms with Crippen molar-refractivity contribution in [1.82, 2.24) is 0 Å². The standard InChI is InChI=1S/C18H21NO2.BH4/c1-12-9-15(11-18(21-4)13(12)2)6-5-14-7-8-17(20-3)16(19)10-14;/h5-11H,19H2,1-4H3;1H4/q;-1/p+1. The Morgan fingerprint density at radius 2 is 1.50 bits per heavy atom. The van der Waals surface area contributed by atoms with Crippen molar-refractivity contribution in [3.05, 3.63) is 52.6 Å². The quantitative estimate of drug-likeness (QED) is 0.692. The zero-order chi connectivity index (χ0) is 15.4. The van der Waals surface area contributed by atoms with Gasteiger partial charge in [0, 0.05) is 6.07 Å². The lowest BCUT2D eigenvalue weighted by Gasteiger charge is -2.09. The van der Waals surface area contributed by atoms with Gasteiger partial charge >= 0.3 is 0 Å². The molecule has 22 heavy (non-hydrogen) atoms. The summed E-state index contributed by atoms with van der Waals surface area (Å²) < 4.78 is 10.6. The lowest BCUT2D eigenvalue weighted by Crippen LogP contribution is -2.40. The van der Waals surface area contributed by atoms with Gasteiger partial charge in [-0.15, -0.1) is 0 Å². The topological polar surface area (TPSA) is 46.1 Å². The van der Waals surface area contributed by atoms with Crippen LogP contribution in [0.4, 0.5) is 5.69 Å². The Balaban J connectivity index is 0.00000242.